The molecular formula is C13H20ClN3O3. The van der Waals surface area contributed by atoms with Crippen LogP contribution in [-0.4, -0.2) is 30.0 Å². The van der Waals surface area contributed by atoms with Crippen molar-refractivity contribution >= 4 is 24.0 Å². The molecule has 1 atom stereocenters. The molecule has 0 unspecified atom stereocenters. The van der Waals surface area contributed by atoms with Gasteiger partial charge in [-0.3, -0.25) is 14.9 Å². The largest absolute Gasteiger partial charge is 0.350 e. The average Bonchev–Trinajstić information content (AvgIpc) is 2.36. The molecule has 0 spiro atoms. The highest BCUT2D eigenvalue weighted by Crippen LogP contribution is 2.17. The minimum atomic E-state index is -0.502. The minimum Gasteiger partial charge on any atom is -0.350 e. The number of carbonyl (C=O) groups excluding carboxylic acids is 1. The van der Waals surface area contributed by atoms with Crippen LogP contribution in [0.1, 0.15) is 29.8 Å². The van der Waals surface area contributed by atoms with Crippen molar-refractivity contribution in [2.24, 2.45) is 0 Å². The summed E-state index contributed by atoms with van der Waals surface area (Å²) in [5.41, 5.74) is 0.993. The number of non-ortho nitro benzene ring substituents is 1. The van der Waals surface area contributed by atoms with Crippen molar-refractivity contribution in [2.75, 3.05) is 13.1 Å². The molecule has 20 heavy (non-hydrogen) atoms. The molecule has 1 amide bonds. The maximum Gasteiger partial charge on any atom is 0.270 e. The van der Waals surface area contributed by atoms with Gasteiger partial charge in [0.05, 0.1) is 4.92 Å². The van der Waals surface area contributed by atoms with E-state index in [1.807, 2.05) is 13.8 Å². The smallest absolute Gasteiger partial charge is 0.270 e. The van der Waals surface area contributed by atoms with Crippen molar-refractivity contribution < 1.29 is 9.72 Å². The Kier molecular flexibility index (Phi) is 7.79. The zero-order chi connectivity index (χ0) is 14.4. The number of benzene rings is 1. The summed E-state index contributed by atoms with van der Waals surface area (Å²) in [7, 11) is 0. The normalized spacial score (nSPS) is 11.3. The molecule has 0 aliphatic rings. The Morgan fingerprint density at radius 2 is 2.10 bits per heavy atom. The summed E-state index contributed by atoms with van der Waals surface area (Å²) in [4.78, 5) is 22.2. The van der Waals surface area contributed by atoms with Gasteiger partial charge >= 0.3 is 0 Å². The molecule has 1 aromatic carbocycles. The number of likely N-dealkylation sites (N-methyl/N-ethyl adjacent to an activating group) is 1. The maximum atomic E-state index is 12.0. The highest BCUT2D eigenvalue weighted by Gasteiger charge is 2.14. The van der Waals surface area contributed by atoms with E-state index in [1.165, 1.54) is 12.1 Å². The summed E-state index contributed by atoms with van der Waals surface area (Å²) in [6, 6.07) is 4.45. The first kappa shape index (κ1) is 18.3. The van der Waals surface area contributed by atoms with Crippen LogP contribution in [0.3, 0.4) is 0 Å². The maximum absolute atomic E-state index is 12.0. The van der Waals surface area contributed by atoms with Crippen molar-refractivity contribution in [1.82, 2.24) is 10.6 Å². The first-order valence-corrected chi connectivity index (χ1v) is 6.22. The Hall–Kier alpha value is -1.66. The van der Waals surface area contributed by atoms with Crippen LogP contribution in [0.15, 0.2) is 18.2 Å². The molecule has 0 heterocycles. The number of halogens is 1. The van der Waals surface area contributed by atoms with Crippen molar-refractivity contribution in [3.8, 4) is 0 Å². The number of nitro groups is 1. The van der Waals surface area contributed by atoms with Crippen molar-refractivity contribution in [3.63, 3.8) is 0 Å². The third kappa shape index (κ3) is 5.14. The second-order valence-electron chi connectivity index (χ2n) is 4.43. The van der Waals surface area contributed by atoms with E-state index in [2.05, 4.69) is 10.6 Å². The van der Waals surface area contributed by atoms with E-state index in [9.17, 15) is 14.9 Å². The van der Waals surface area contributed by atoms with Gasteiger partial charge in [0.1, 0.15) is 0 Å². The second kappa shape index (κ2) is 8.50. The van der Waals surface area contributed by atoms with Crippen LogP contribution in [0.5, 0.6) is 0 Å². The van der Waals surface area contributed by atoms with Crippen LogP contribution in [0.4, 0.5) is 5.69 Å². The third-order valence-corrected chi connectivity index (χ3v) is 2.80. The molecule has 112 valence electrons. The van der Waals surface area contributed by atoms with Gasteiger partial charge in [0, 0.05) is 30.3 Å². The fraction of sp³-hybridized carbons (Fsp3) is 0.462. The number of carbonyl (C=O) groups is 1. The molecule has 1 rings (SSSR count). The van der Waals surface area contributed by atoms with Crippen LogP contribution in [0.25, 0.3) is 0 Å². The molecule has 0 radical (unpaired) electrons. The standard InChI is InChI=1S/C13H19N3O3.ClH/c1-4-14-10(3)8-15-13(17)12-7-11(16(18)19)6-5-9(12)2;/h5-7,10,14H,4,8H2,1-3H3,(H,15,17);1H/t10-;/m1./s1. The van der Waals surface area contributed by atoms with E-state index in [-0.39, 0.29) is 30.0 Å². The lowest BCUT2D eigenvalue weighted by Crippen LogP contribution is -2.39. The van der Waals surface area contributed by atoms with Gasteiger partial charge in [0.15, 0.2) is 0 Å². The highest BCUT2D eigenvalue weighted by atomic mass is 35.5. The Labute approximate surface area is 124 Å². The van der Waals surface area contributed by atoms with Crippen LogP contribution in [-0.2, 0) is 0 Å². The second-order valence-corrected chi connectivity index (χ2v) is 4.43. The lowest BCUT2D eigenvalue weighted by Gasteiger charge is -2.13. The molecule has 0 aliphatic heterocycles. The summed E-state index contributed by atoms with van der Waals surface area (Å²) in [5.74, 6) is -0.286. The number of aryl methyl sites for hydroxylation is 1. The van der Waals surface area contributed by atoms with Crippen LogP contribution < -0.4 is 10.6 Å². The SMILES string of the molecule is CCN[C@H](C)CNC(=O)c1cc([N+](=O)[O-])ccc1C.Cl. The lowest BCUT2D eigenvalue weighted by molar-refractivity contribution is -0.384. The Balaban J connectivity index is 0.00000361. The topological polar surface area (TPSA) is 84.3 Å². The van der Waals surface area contributed by atoms with E-state index in [0.717, 1.165) is 12.1 Å². The number of amides is 1. The van der Waals surface area contributed by atoms with Gasteiger partial charge in [-0.25, -0.2) is 0 Å². The number of nitrogens with zero attached hydrogens (tertiary/aromatic N) is 1. The van der Waals surface area contributed by atoms with Gasteiger partial charge < -0.3 is 10.6 Å². The summed E-state index contributed by atoms with van der Waals surface area (Å²) in [6.07, 6.45) is 0. The molecule has 2 N–H and O–H groups in total. The molecule has 6 nitrogen and oxygen atoms in total. The van der Waals surface area contributed by atoms with Crippen LogP contribution in [0.2, 0.25) is 0 Å². The number of rotatable bonds is 6. The zero-order valence-electron chi connectivity index (χ0n) is 11.8. The van der Waals surface area contributed by atoms with E-state index in [1.54, 1.807) is 13.0 Å². The molecule has 0 aromatic heterocycles. The highest BCUT2D eigenvalue weighted by molar-refractivity contribution is 5.96. The number of hydrogen-bond donors (Lipinski definition) is 2. The molecule has 0 bridgehead atoms. The molecular weight excluding hydrogens is 282 g/mol. The van der Waals surface area contributed by atoms with Gasteiger partial charge in [0.2, 0.25) is 0 Å². The fourth-order valence-corrected chi connectivity index (χ4v) is 1.73. The lowest BCUT2D eigenvalue weighted by atomic mass is 10.1. The van der Waals surface area contributed by atoms with E-state index in [0.29, 0.717) is 12.1 Å². The summed E-state index contributed by atoms with van der Waals surface area (Å²) in [6.45, 7) is 7.02. The molecule has 1 aromatic rings. The Morgan fingerprint density at radius 3 is 2.65 bits per heavy atom. The molecule has 0 saturated carbocycles. The van der Waals surface area contributed by atoms with Crippen LogP contribution in [0, 0.1) is 17.0 Å². The average molecular weight is 302 g/mol. The Morgan fingerprint density at radius 1 is 1.45 bits per heavy atom. The van der Waals surface area contributed by atoms with Gasteiger partial charge in [-0.05, 0) is 26.0 Å². The van der Waals surface area contributed by atoms with Gasteiger partial charge in [-0.15, -0.1) is 12.4 Å². The van der Waals surface area contributed by atoms with E-state index in [4.69, 9.17) is 0 Å². The summed E-state index contributed by atoms with van der Waals surface area (Å²) >= 11 is 0. The first-order chi connectivity index (χ1) is 8.95. The number of hydrogen-bond acceptors (Lipinski definition) is 4. The van der Waals surface area contributed by atoms with Gasteiger partial charge in [-0.1, -0.05) is 13.0 Å². The number of nitrogens with one attached hydrogen (secondary N) is 2. The first-order valence-electron chi connectivity index (χ1n) is 6.22. The minimum absolute atomic E-state index is 0. The van der Waals surface area contributed by atoms with Crippen molar-refractivity contribution in [1.29, 1.82) is 0 Å². The quantitative estimate of drug-likeness (QED) is 0.622. The molecule has 0 fully saturated rings. The fourth-order valence-electron chi connectivity index (χ4n) is 1.73. The summed E-state index contributed by atoms with van der Waals surface area (Å²) < 4.78 is 0. The predicted octanol–water partition coefficient (Wildman–Crippen LogP) is 2.05. The van der Waals surface area contributed by atoms with Crippen LogP contribution >= 0.6 is 12.4 Å². The summed E-state index contributed by atoms with van der Waals surface area (Å²) in [5, 5.41) is 16.6. The monoisotopic (exact) mass is 301 g/mol. The van der Waals surface area contributed by atoms with E-state index >= 15 is 0 Å². The Bertz CT molecular complexity index is 480. The molecule has 0 saturated heterocycles. The molecule has 0 aliphatic carbocycles. The number of nitro benzene ring substituents is 1. The predicted molar refractivity (Wildman–Crippen MR) is 80.6 cm³/mol. The van der Waals surface area contributed by atoms with Crippen molar-refractivity contribution in [3.05, 3.63) is 39.4 Å². The third-order valence-electron chi connectivity index (χ3n) is 2.80. The van der Waals surface area contributed by atoms with Gasteiger partial charge in [0.25, 0.3) is 11.6 Å². The zero-order valence-corrected chi connectivity index (χ0v) is 12.6. The van der Waals surface area contributed by atoms with E-state index < -0.39 is 4.92 Å². The van der Waals surface area contributed by atoms with Crippen molar-refractivity contribution in [2.45, 2.75) is 26.8 Å². The van der Waals surface area contributed by atoms with Gasteiger partial charge in [-0.2, -0.15) is 0 Å². The molecule has 7 heteroatoms.